The third-order valence-electron chi connectivity index (χ3n) is 8.52. The van der Waals surface area contributed by atoms with Crippen LogP contribution in [0.2, 0.25) is 0 Å². The highest BCUT2D eigenvalue weighted by Crippen LogP contribution is 2.60. The molecule has 4 heterocycles. The SMILES string of the molecule is C[C@H]1[C@@H](CCC(=O)Nc2ccc(S(C)(=O)=O)cc2)O[C@@H]2O[C@@]3(C)CC[C@H]4[C@H](C)CC[C@@H]1[C@@]24OO3. The second-order valence-corrected chi connectivity index (χ2v) is 12.8. The van der Waals surface area contributed by atoms with E-state index in [0.29, 0.717) is 30.4 Å². The number of amides is 1. The van der Waals surface area contributed by atoms with Gasteiger partial charge in [0.25, 0.3) is 0 Å². The number of fused-ring (bicyclic) bond motifs is 2. The lowest BCUT2D eigenvalue weighted by Gasteiger charge is -2.60. The van der Waals surface area contributed by atoms with Crippen molar-refractivity contribution < 1.29 is 32.5 Å². The summed E-state index contributed by atoms with van der Waals surface area (Å²) in [6.45, 7) is 6.40. The van der Waals surface area contributed by atoms with Crippen molar-refractivity contribution in [3.63, 3.8) is 0 Å². The van der Waals surface area contributed by atoms with Gasteiger partial charge in [0, 0.05) is 30.7 Å². The van der Waals surface area contributed by atoms with E-state index in [1.807, 2.05) is 6.92 Å². The summed E-state index contributed by atoms with van der Waals surface area (Å²) in [5, 5.41) is 2.86. The summed E-state index contributed by atoms with van der Waals surface area (Å²) in [4.78, 5) is 24.9. The molecule has 1 spiro atoms. The van der Waals surface area contributed by atoms with E-state index in [-0.39, 0.29) is 28.7 Å². The third kappa shape index (κ3) is 4.09. The summed E-state index contributed by atoms with van der Waals surface area (Å²) >= 11 is 0. The first kappa shape index (κ1) is 24.2. The molecule has 34 heavy (non-hydrogen) atoms. The van der Waals surface area contributed by atoms with Gasteiger partial charge in [-0.25, -0.2) is 18.2 Å². The minimum absolute atomic E-state index is 0.125. The molecule has 1 amide bonds. The average Bonchev–Trinajstić information content (AvgIpc) is 3.01. The molecule has 0 aromatic heterocycles. The zero-order valence-corrected chi connectivity index (χ0v) is 21.1. The molecule has 1 aromatic carbocycles. The van der Waals surface area contributed by atoms with Gasteiger partial charge in [-0.05, 0) is 74.6 Å². The summed E-state index contributed by atoms with van der Waals surface area (Å²) in [6.07, 6.45) is 5.33. The van der Waals surface area contributed by atoms with Gasteiger partial charge in [-0.2, -0.15) is 0 Å². The van der Waals surface area contributed by atoms with Crippen molar-refractivity contribution in [2.24, 2.45) is 23.7 Å². The van der Waals surface area contributed by atoms with Gasteiger partial charge in [0.05, 0.1) is 11.0 Å². The molecule has 1 N–H and O–H groups in total. The predicted octanol–water partition coefficient (Wildman–Crippen LogP) is 4.06. The van der Waals surface area contributed by atoms with Crippen LogP contribution >= 0.6 is 0 Å². The first-order chi connectivity index (χ1) is 16.0. The molecule has 1 aromatic rings. The number of hydrogen-bond acceptors (Lipinski definition) is 7. The van der Waals surface area contributed by atoms with Gasteiger partial charge in [-0.15, -0.1) is 0 Å². The molecule has 9 heteroatoms. The molecule has 4 saturated heterocycles. The first-order valence-electron chi connectivity index (χ1n) is 12.3. The van der Waals surface area contributed by atoms with E-state index >= 15 is 0 Å². The number of anilines is 1. The maximum absolute atomic E-state index is 12.7. The molecule has 8 atom stereocenters. The monoisotopic (exact) mass is 493 g/mol. The summed E-state index contributed by atoms with van der Waals surface area (Å²) in [7, 11) is -3.27. The smallest absolute Gasteiger partial charge is 0.224 e. The van der Waals surface area contributed by atoms with Gasteiger partial charge < -0.3 is 14.8 Å². The molecule has 0 unspecified atom stereocenters. The van der Waals surface area contributed by atoms with Gasteiger partial charge in [0.1, 0.15) is 0 Å². The molecule has 1 saturated carbocycles. The fraction of sp³-hybridized carbons (Fsp3) is 0.720. The van der Waals surface area contributed by atoms with Crippen molar-refractivity contribution in [2.45, 2.75) is 88.0 Å². The molecule has 8 nitrogen and oxygen atoms in total. The normalized spacial score (nSPS) is 41.4. The average molecular weight is 494 g/mol. The Kier molecular flexibility index (Phi) is 6.08. The number of carbonyl (C=O) groups excluding carboxylic acids is 1. The summed E-state index contributed by atoms with van der Waals surface area (Å²) in [5.41, 5.74) is -0.0197. The number of carbonyl (C=O) groups is 1. The molecule has 5 aliphatic rings. The van der Waals surface area contributed by atoms with Crippen LogP contribution in [0.15, 0.2) is 29.2 Å². The zero-order valence-electron chi connectivity index (χ0n) is 20.3. The Morgan fingerprint density at radius 2 is 1.82 bits per heavy atom. The minimum atomic E-state index is -3.27. The lowest BCUT2D eigenvalue weighted by molar-refractivity contribution is -0.571. The van der Waals surface area contributed by atoms with E-state index < -0.39 is 27.5 Å². The summed E-state index contributed by atoms with van der Waals surface area (Å²) in [5.74, 6) is 0.335. The predicted molar refractivity (Wildman–Crippen MR) is 124 cm³/mol. The lowest BCUT2D eigenvalue weighted by atomic mass is 9.57. The summed E-state index contributed by atoms with van der Waals surface area (Å²) in [6, 6.07) is 6.21. The zero-order chi connectivity index (χ0) is 24.3. The van der Waals surface area contributed by atoms with Crippen molar-refractivity contribution in [1.82, 2.24) is 0 Å². The number of benzene rings is 1. The van der Waals surface area contributed by atoms with Crippen LogP contribution in [0.5, 0.6) is 0 Å². The van der Waals surface area contributed by atoms with Crippen molar-refractivity contribution in [1.29, 1.82) is 0 Å². The van der Waals surface area contributed by atoms with Gasteiger partial charge in [-0.3, -0.25) is 4.79 Å². The largest absolute Gasteiger partial charge is 0.346 e. The molecular weight excluding hydrogens is 458 g/mol. The topological polar surface area (TPSA) is 100 Å². The lowest BCUT2D eigenvalue weighted by Crippen LogP contribution is -2.70. The maximum atomic E-state index is 12.7. The van der Waals surface area contributed by atoms with Gasteiger partial charge in [-0.1, -0.05) is 13.8 Å². The Bertz CT molecular complexity index is 1040. The van der Waals surface area contributed by atoms with Gasteiger partial charge >= 0.3 is 0 Å². The fourth-order valence-electron chi connectivity index (χ4n) is 6.59. The van der Waals surface area contributed by atoms with E-state index in [4.69, 9.17) is 19.2 Å². The maximum Gasteiger partial charge on any atom is 0.224 e. The molecule has 6 rings (SSSR count). The van der Waals surface area contributed by atoms with Crippen molar-refractivity contribution in [3.8, 4) is 0 Å². The van der Waals surface area contributed by atoms with Crippen molar-refractivity contribution in [2.75, 3.05) is 11.6 Å². The minimum Gasteiger partial charge on any atom is -0.346 e. The Balaban J connectivity index is 1.27. The van der Waals surface area contributed by atoms with Crippen LogP contribution in [0.25, 0.3) is 0 Å². The Hall–Kier alpha value is -1.52. The third-order valence-corrected chi connectivity index (χ3v) is 9.65. The highest BCUT2D eigenvalue weighted by molar-refractivity contribution is 7.90. The Morgan fingerprint density at radius 1 is 1.09 bits per heavy atom. The molecular formula is C25H35NO7S. The fourth-order valence-corrected chi connectivity index (χ4v) is 7.22. The Morgan fingerprint density at radius 3 is 2.53 bits per heavy atom. The number of nitrogens with one attached hydrogen (secondary N) is 1. The second kappa shape index (κ2) is 8.55. The highest BCUT2D eigenvalue weighted by Gasteiger charge is 2.69. The van der Waals surface area contributed by atoms with E-state index in [0.717, 1.165) is 31.9 Å². The highest BCUT2D eigenvalue weighted by atomic mass is 32.2. The number of sulfone groups is 1. The van der Waals surface area contributed by atoms with E-state index in [2.05, 4.69) is 19.2 Å². The van der Waals surface area contributed by atoms with E-state index in [1.54, 1.807) is 12.1 Å². The molecule has 5 fully saturated rings. The molecule has 0 radical (unpaired) electrons. The number of hydrogen-bond donors (Lipinski definition) is 1. The van der Waals surface area contributed by atoms with Crippen molar-refractivity contribution in [3.05, 3.63) is 24.3 Å². The quantitative estimate of drug-likeness (QED) is 0.618. The van der Waals surface area contributed by atoms with Crippen LogP contribution in [-0.2, 0) is 33.9 Å². The number of rotatable bonds is 5. The standard InChI is InChI=1S/C25H35NO7S/c1-15-5-10-20-16(2)21(30-23-25(20)19(15)13-14-24(3,31-23)32-33-25)11-12-22(27)26-17-6-8-18(9-7-17)34(4,28)29/h6-9,15-16,19-21,23H,5,10-14H2,1-4H3,(H,26,27)/t15-,16-,19+,20+,21-,23-,24-,25-/m1/s1. The number of ether oxygens (including phenoxy) is 2. The van der Waals surface area contributed by atoms with Gasteiger partial charge in [0.2, 0.25) is 11.7 Å². The van der Waals surface area contributed by atoms with Crippen LogP contribution in [0.4, 0.5) is 5.69 Å². The first-order valence-corrected chi connectivity index (χ1v) is 14.2. The van der Waals surface area contributed by atoms with E-state index in [9.17, 15) is 13.2 Å². The summed E-state index contributed by atoms with van der Waals surface area (Å²) < 4.78 is 36.2. The van der Waals surface area contributed by atoms with E-state index in [1.165, 1.54) is 12.1 Å². The molecule has 2 bridgehead atoms. The van der Waals surface area contributed by atoms with Crippen molar-refractivity contribution >= 4 is 21.4 Å². The molecule has 4 aliphatic heterocycles. The Labute approximate surface area is 201 Å². The van der Waals surface area contributed by atoms with Gasteiger partial charge in [0.15, 0.2) is 21.7 Å². The van der Waals surface area contributed by atoms with Crippen LogP contribution in [0.3, 0.4) is 0 Å². The van der Waals surface area contributed by atoms with Crippen LogP contribution in [0, 0.1) is 23.7 Å². The molecule has 188 valence electrons. The van der Waals surface area contributed by atoms with Crippen LogP contribution in [0.1, 0.15) is 59.3 Å². The second-order valence-electron chi connectivity index (χ2n) is 10.8. The van der Waals surface area contributed by atoms with Crippen LogP contribution in [-0.4, -0.2) is 44.4 Å². The molecule has 1 aliphatic carbocycles. The van der Waals surface area contributed by atoms with Crippen LogP contribution < -0.4 is 5.32 Å².